The van der Waals surface area contributed by atoms with Crippen LogP contribution in [0.15, 0.2) is 206 Å². The van der Waals surface area contributed by atoms with Crippen LogP contribution >= 0.6 is 0 Å². The van der Waals surface area contributed by atoms with Crippen molar-refractivity contribution in [1.29, 1.82) is 0 Å². The van der Waals surface area contributed by atoms with Crippen LogP contribution in [0, 0.1) is 0 Å². The summed E-state index contributed by atoms with van der Waals surface area (Å²) in [5.41, 5.74) is 10.6. The van der Waals surface area contributed by atoms with E-state index in [1.165, 1.54) is 0 Å². The van der Waals surface area contributed by atoms with Gasteiger partial charge in [-0.25, -0.2) is 15.0 Å². The molecule has 4 heteroatoms. The van der Waals surface area contributed by atoms with Crippen molar-refractivity contribution in [2.24, 2.45) is 0 Å². The molecule has 0 spiro atoms. The Morgan fingerprint density at radius 1 is 0.364 bits per heavy atom. The van der Waals surface area contributed by atoms with E-state index in [-0.39, 0.29) is 24.2 Å². The molecule has 10 aromatic rings. The minimum Gasteiger partial charge on any atom is -0.309 e. The molecule has 0 aliphatic rings. The summed E-state index contributed by atoms with van der Waals surface area (Å²) in [6.07, 6.45) is 0. The molecule has 55 heavy (non-hydrogen) atoms. The Bertz CT molecular complexity index is 3130. The molecule has 0 aliphatic carbocycles. The Morgan fingerprint density at radius 3 is 1.49 bits per heavy atom. The largest absolute Gasteiger partial charge is 0.309 e. The summed E-state index contributed by atoms with van der Waals surface area (Å²) >= 11 is 0. The summed E-state index contributed by atoms with van der Waals surface area (Å²) in [4.78, 5) is 14.6. The fraction of sp³-hybridized carbons (Fsp3) is 0. The first kappa shape index (κ1) is 28.1. The van der Waals surface area contributed by atoms with Crippen molar-refractivity contribution in [3.05, 3.63) is 206 Å². The highest BCUT2D eigenvalue weighted by atomic mass is 15.0. The van der Waals surface area contributed by atoms with Gasteiger partial charge in [0.05, 0.1) is 16.5 Å². The number of hydrogen-bond acceptors (Lipinski definition) is 3. The van der Waals surface area contributed by atoms with Gasteiger partial charge in [-0.2, -0.15) is 0 Å². The highest BCUT2D eigenvalue weighted by molar-refractivity contribution is 6.16. The molecule has 0 saturated heterocycles. The Kier molecular flexibility index (Phi) is 7.08. The third-order valence-electron chi connectivity index (χ3n) is 9.99. The van der Waals surface area contributed by atoms with Crippen LogP contribution in [0.4, 0.5) is 0 Å². The fourth-order valence-corrected chi connectivity index (χ4v) is 7.34. The predicted molar refractivity (Wildman–Crippen MR) is 227 cm³/mol. The van der Waals surface area contributed by atoms with Gasteiger partial charge >= 0.3 is 0 Å². The second-order valence-corrected chi connectivity index (χ2v) is 13.4. The molecule has 2 aromatic heterocycles. The van der Waals surface area contributed by atoms with Gasteiger partial charge in [0.15, 0.2) is 17.5 Å². The average Bonchev–Trinajstić information content (AvgIpc) is 3.67. The summed E-state index contributed by atoms with van der Waals surface area (Å²) in [5.74, 6) is 1.77. The van der Waals surface area contributed by atoms with E-state index in [2.05, 4.69) is 48.5 Å². The lowest BCUT2D eigenvalue weighted by Gasteiger charge is -2.12. The molecule has 0 atom stereocenters. The average molecular weight is 707 g/mol. The zero-order chi connectivity index (χ0) is 40.0. The summed E-state index contributed by atoms with van der Waals surface area (Å²) in [5, 5.41) is 1.26. The second-order valence-electron chi connectivity index (χ2n) is 13.4. The molecule has 0 fully saturated rings. The van der Waals surface area contributed by atoms with Gasteiger partial charge in [-0.05, 0) is 63.7 Å². The van der Waals surface area contributed by atoms with Crippen LogP contribution in [0.5, 0.6) is 0 Å². The van der Waals surface area contributed by atoms with Gasteiger partial charge in [0, 0.05) is 33.2 Å². The molecule has 258 valence electrons. The summed E-state index contributed by atoms with van der Waals surface area (Å²) < 4.78 is 37.8. The molecule has 0 bridgehead atoms. The van der Waals surface area contributed by atoms with Crippen molar-refractivity contribution in [3.8, 4) is 73.2 Å². The lowest BCUT2D eigenvalue weighted by molar-refractivity contribution is 1.07. The number of benzene rings is 8. The normalized spacial score (nSPS) is 12.3. The first-order chi connectivity index (χ1) is 28.9. The maximum Gasteiger partial charge on any atom is 0.164 e. The number of para-hydroxylation sites is 1. The molecular formula is C51H34N4. The molecule has 0 radical (unpaired) electrons. The van der Waals surface area contributed by atoms with E-state index in [1.807, 2.05) is 138 Å². The first-order valence-corrected chi connectivity index (χ1v) is 18.2. The molecule has 0 N–H and O–H groups in total. The standard InChI is InChI=1S/C51H34N4/c1-4-15-35(16-5-1)40-21-12-23-42(33-40)44-26-14-28-47-48(44)45-25-10-11-27-46(45)55(47)43-24-13-22-41(34-43)36-29-31-39(32-30-36)51-53-49(37-17-6-2-7-18-37)52-50(54-51)38-19-8-3-9-20-38/h1-34H/i10D,11D,25D,27D. The van der Waals surface area contributed by atoms with Gasteiger partial charge in [-0.3, -0.25) is 0 Å². The third kappa shape index (κ3) is 6.06. The van der Waals surface area contributed by atoms with Gasteiger partial charge in [0.25, 0.3) is 0 Å². The van der Waals surface area contributed by atoms with Crippen LogP contribution < -0.4 is 0 Å². The van der Waals surface area contributed by atoms with Crippen LogP contribution in [-0.2, 0) is 0 Å². The van der Waals surface area contributed by atoms with Crippen molar-refractivity contribution in [2.45, 2.75) is 0 Å². The maximum absolute atomic E-state index is 9.21. The van der Waals surface area contributed by atoms with Crippen LogP contribution in [0.2, 0.25) is 0 Å². The van der Waals surface area contributed by atoms with Crippen LogP contribution in [0.25, 0.3) is 95.0 Å². The number of rotatable bonds is 7. The molecule has 0 aliphatic heterocycles. The van der Waals surface area contributed by atoms with E-state index < -0.39 is 0 Å². The van der Waals surface area contributed by atoms with Crippen molar-refractivity contribution in [3.63, 3.8) is 0 Å². The zero-order valence-electron chi connectivity index (χ0n) is 33.6. The fourth-order valence-electron chi connectivity index (χ4n) is 7.34. The number of aromatic nitrogens is 4. The van der Waals surface area contributed by atoms with Gasteiger partial charge in [-0.15, -0.1) is 0 Å². The van der Waals surface area contributed by atoms with E-state index >= 15 is 0 Å². The molecule has 0 unspecified atom stereocenters. The first-order valence-electron chi connectivity index (χ1n) is 20.2. The highest BCUT2D eigenvalue weighted by Crippen LogP contribution is 2.40. The van der Waals surface area contributed by atoms with Crippen molar-refractivity contribution in [2.75, 3.05) is 0 Å². The predicted octanol–water partition coefficient (Wildman–Crippen LogP) is 13.0. The van der Waals surface area contributed by atoms with Crippen LogP contribution in [-0.4, -0.2) is 19.5 Å². The molecule has 10 rings (SSSR count). The summed E-state index contributed by atoms with van der Waals surface area (Å²) in [6.45, 7) is 0. The highest BCUT2D eigenvalue weighted by Gasteiger charge is 2.17. The second kappa shape index (κ2) is 13.8. The summed E-state index contributed by atoms with van der Waals surface area (Å²) in [7, 11) is 0. The lowest BCUT2D eigenvalue weighted by Crippen LogP contribution is -2.00. The SMILES string of the molecule is [2H]c1c([2H])c([2H])c2c(c1[2H])c1c(-c3cccc(-c4ccccc4)c3)cccc1n2-c1cccc(-c2ccc(-c3nc(-c4ccccc4)nc(-c4ccccc4)n3)cc2)c1. The molecule has 2 heterocycles. The minimum absolute atomic E-state index is 0.0627. The lowest BCUT2D eigenvalue weighted by atomic mass is 9.96. The van der Waals surface area contributed by atoms with Crippen LogP contribution in [0.1, 0.15) is 5.48 Å². The summed E-state index contributed by atoms with van der Waals surface area (Å²) in [6, 6.07) is 60.0. The van der Waals surface area contributed by atoms with Crippen molar-refractivity contribution < 1.29 is 5.48 Å². The minimum atomic E-state index is -0.268. The monoisotopic (exact) mass is 706 g/mol. The van der Waals surface area contributed by atoms with E-state index in [0.717, 1.165) is 66.7 Å². The Morgan fingerprint density at radius 2 is 0.836 bits per heavy atom. The van der Waals surface area contributed by atoms with Crippen LogP contribution in [0.3, 0.4) is 0 Å². The third-order valence-corrected chi connectivity index (χ3v) is 9.99. The van der Waals surface area contributed by atoms with Gasteiger partial charge in [0.1, 0.15) is 0 Å². The van der Waals surface area contributed by atoms with E-state index in [9.17, 15) is 2.74 Å². The Labute approximate surface area is 325 Å². The topological polar surface area (TPSA) is 43.6 Å². The Hall–Kier alpha value is -7.43. The van der Waals surface area contributed by atoms with Gasteiger partial charge in [-0.1, -0.05) is 176 Å². The molecule has 0 saturated carbocycles. The Balaban J connectivity index is 1.10. The number of hydrogen-bond donors (Lipinski definition) is 0. The quantitative estimate of drug-likeness (QED) is 0.166. The molecule has 8 aromatic carbocycles. The smallest absolute Gasteiger partial charge is 0.164 e. The van der Waals surface area contributed by atoms with E-state index in [1.54, 1.807) is 0 Å². The molecule has 0 amide bonds. The number of fused-ring (bicyclic) bond motifs is 3. The molecule has 4 nitrogen and oxygen atoms in total. The van der Waals surface area contributed by atoms with E-state index in [0.29, 0.717) is 28.4 Å². The van der Waals surface area contributed by atoms with Crippen molar-refractivity contribution in [1.82, 2.24) is 19.5 Å². The number of nitrogens with zero attached hydrogens (tertiary/aromatic N) is 4. The van der Waals surface area contributed by atoms with Crippen molar-refractivity contribution >= 4 is 21.8 Å². The van der Waals surface area contributed by atoms with Gasteiger partial charge in [0.2, 0.25) is 0 Å². The van der Waals surface area contributed by atoms with E-state index in [4.69, 9.17) is 17.7 Å². The zero-order valence-corrected chi connectivity index (χ0v) is 29.6. The molecular weight excluding hydrogens is 669 g/mol. The van der Waals surface area contributed by atoms with Gasteiger partial charge < -0.3 is 4.57 Å². The maximum atomic E-state index is 9.21.